The molecule has 0 aromatic heterocycles. The van der Waals surface area contributed by atoms with Crippen molar-refractivity contribution in [3.63, 3.8) is 0 Å². The van der Waals surface area contributed by atoms with Gasteiger partial charge in [0.05, 0.1) is 14.2 Å². The predicted octanol–water partition coefficient (Wildman–Crippen LogP) is 3.35. The maximum absolute atomic E-state index is 13.4. The lowest BCUT2D eigenvalue weighted by Crippen LogP contribution is -2.31. The topological polar surface area (TPSA) is 59.6 Å². The van der Waals surface area contributed by atoms with E-state index in [1.165, 1.54) is 13.2 Å². The number of methoxy groups -OCH3 is 2. The fourth-order valence-electron chi connectivity index (χ4n) is 2.13. The molecule has 2 aromatic rings. The number of hydrogen-bond acceptors (Lipinski definition) is 3. The number of anilines is 1. The van der Waals surface area contributed by atoms with Crippen molar-refractivity contribution in [3.8, 4) is 11.5 Å². The molecule has 0 saturated heterocycles. The number of hydrogen-bond donors (Lipinski definition) is 2. The standard InChI is InChI=1S/C17H18F2N2O3/c1-23-14-7-6-11(10-15(14)24-2)8-9-20-17(22)21-16-12(18)4-3-5-13(16)19/h3-7,10H,8-9H2,1-2H3,(H2,20,21,22). The highest BCUT2D eigenvalue weighted by atomic mass is 19.1. The number of ether oxygens (including phenoxy) is 2. The minimum absolute atomic E-state index is 0.289. The Morgan fingerprint density at radius 2 is 1.71 bits per heavy atom. The van der Waals surface area contributed by atoms with Crippen molar-refractivity contribution in [1.82, 2.24) is 5.32 Å². The van der Waals surface area contributed by atoms with Crippen LogP contribution in [0.3, 0.4) is 0 Å². The molecule has 0 heterocycles. The van der Waals surface area contributed by atoms with Crippen LogP contribution in [0.2, 0.25) is 0 Å². The van der Waals surface area contributed by atoms with Crippen molar-refractivity contribution < 1.29 is 23.0 Å². The van der Waals surface area contributed by atoms with Crippen LogP contribution in [0.5, 0.6) is 11.5 Å². The summed E-state index contributed by atoms with van der Waals surface area (Å²) in [4.78, 5) is 11.7. The number of rotatable bonds is 6. The molecule has 0 aliphatic carbocycles. The molecule has 0 bridgehead atoms. The molecule has 0 spiro atoms. The van der Waals surface area contributed by atoms with Crippen molar-refractivity contribution in [1.29, 1.82) is 0 Å². The molecule has 2 amide bonds. The monoisotopic (exact) mass is 336 g/mol. The zero-order valence-corrected chi connectivity index (χ0v) is 13.4. The molecule has 0 radical (unpaired) electrons. The largest absolute Gasteiger partial charge is 0.493 e. The summed E-state index contributed by atoms with van der Waals surface area (Å²) < 4.78 is 37.2. The van der Waals surface area contributed by atoms with E-state index in [1.54, 1.807) is 19.2 Å². The molecule has 7 heteroatoms. The molecule has 5 nitrogen and oxygen atoms in total. The Bertz CT molecular complexity index is 703. The van der Waals surface area contributed by atoms with Gasteiger partial charge >= 0.3 is 6.03 Å². The minimum atomic E-state index is -0.829. The third kappa shape index (κ3) is 4.34. The van der Waals surface area contributed by atoms with Gasteiger partial charge in [-0.2, -0.15) is 0 Å². The van der Waals surface area contributed by atoms with Crippen molar-refractivity contribution in [2.24, 2.45) is 0 Å². The van der Waals surface area contributed by atoms with Gasteiger partial charge in [0.25, 0.3) is 0 Å². The SMILES string of the molecule is COc1ccc(CCNC(=O)Nc2c(F)cccc2F)cc1OC. The normalized spacial score (nSPS) is 10.2. The Kier molecular flexibility index (Phi) is 5.95. The van der Waals surface area contributed by atoms with Gasteiger partial charge in [-0.05, 0) is 36.2 Å². The lowest BCUT2D eigenvalue weighted by molar-refractivity contribution is 0.252. The molecule has 0 fully saturated rings. The van der Waals surface area contributed by atoms with Gasteiger partial charge in [0.1, 0.15) is 17.3 Å². The summed E-state index contributed by atoms with van der Waals surface area (Å²) in [7, 11) is 3.08. The Morgan fingerprint density at radius 3 is 2.33 bits per heavy atom. The lowest BCUT2D eigenvalue weighted by atomic mass is 10.1. The number of nitrogens with one attached hydrogen (secondary N) is 2. The van der Waals surface area contributed by atoms with E-state index in [-0.39, 0.29) is 6.54 Å². The highest BCUT2D eigenvalue weighted by Crippen LogP contribution is 2.27. The van der Waals surface area contributed by atoms with E-state index < -0.39 is 23.4 Å². The molecule has 0 unspecified atom stereocenters. The maximum Gasteiger partial charge on any atom is 0.319 e. The Hall–Kier alpha value is -2.83. The van der Waals surface area contributed by atoms with Crippen molar-refractivity contribution in [3.05, 3.63) is 53.6 Å². The van der Waals surface area contributed by atoms with Gasteiger partial charge in [0.15, 0.2) is 11.5 Å². The Morgan fingerprint density at radius 1 is 1.04 bits per heavy atom. The zero-order valence-electron chi connectivity index (χ0n) is 13.4. The van der Waals surface area contributed by atoms with E-state index in [0.717, 1.165) is 17.7 Å². The van der Waals surface area contributed by atoms with Gasteiger partial charge in [-0.3, -0.25) is 0 Å². The number of benzene rings is 2. The van der Waals surface area contributed by atoms with E-state index in [4.69, 9.17) is 9.47 Å². The Labute approximate surface area is 138 Å². The smallest absolute Gasteiger partial charge is 0.319 e. The summed E-state index contributed by atoms with van der Waals surface area (Å²) in [5.41, 5.74) is 0.450. The molecular formula is C17H18F2N2O3. The summed E-state index contributed by atoms with van der Waals surface area (Å²) in [5.74, 6) is -0.454. The first-order valence-electron chi connectivity index (χ1n) is 7.25. The van der Waals surface area contributed by atoms with E-state index in [2.05, 4.69) is 10.6 Å². The van der Waals surface area contributed by atoms with Gasteiger partial charge < -0.3 is 20.1 Å². The van der Waals surface area contributed by atoms with E-state index in [9.17, 15) is 13.6 Å². The van der Waals surface area contributed by atoms with Crippen LogP contribution in [0.4, 0.5) is 19.3 Å². The second kappa shape index (κ2) is 8.14. The first-order chi connectivity index (χ1) is 11.5. The van der Waals surface area contributed by atoms with Gasteiger partial charge in [0, 0.05) is 6.54 Å². The number of carbonyl (C=O) groups is 1. The molecule has 2 aromatic carbocycles. The van der Waals surface area contributed by atoms with Gasteiger partial charge in [-0.1, -0.05) is 12.1 Å². The predicted molar refractivity (Wildman–Crippen MR) is 86.6 cm³/mol. The molecule has 2 rings (SSSR count). The number of carbonyl (C=O) groups excluding carboxylic acids is 1. The van der Waals surface area contributed by atoms with E-state index in [0.29, 0.717) is 17.9 Å². The second-order valence-corrected chi connectivity index (χ2v) is 4.92. The molecule has 24 heavy (non-hydrogen) atoms. The summed E-state index contributed by atoms with van der Waals surface area (Å²) >= 11 is 0. The van der Waals surface area contributed by atoms with Crippen LogP contribution in [0.1, 0.15) is 5.56 Å². The summed E-state index contributed by atoms with van der Waals surface area (Å²) in [6.07, 6.45) is 0.521. The van der Waals surface area contributed by atoms with E-state index >= 15 is 0 Å². The summed E-state index contributed by atoms with van der Waals surface area (Å²) in [6, 6.07) is 8.10. The average molecular weight is 336 g/mol. The molecule has 0 aliphatic rings. The van der Waals surface area contributed by atoms with E-state index in [1.807, 2.05) is 6.07 Å². The first-order valence-corrected chi connectivity index (χ1v) is 7.25. The van der Waals surface area contributed by atoms with Crippen LogP contribution in [0.25, 0.3) is 0 Å². The number of urea groups is 1. The molecule has 0 saturated carbocycles. The highest BCUT2D eigenvalue weighted by Gasteiger charge is 2.11. The Balaban J connectivity index is 1.89. The van der Waals surface area contributed by atoms with Crippen molar-refractivity contribution in [2.75, 3.05) is 26.1 Å². The molecule has 2 N–H and O–H groups in total. The van der Waals surface area contributed by atoms with Crippen LogP contribution in [0, 0.1) is 11.6 Å². The highest BCUT2D eigenvalue weighted by molar-refractivity contribution is 5.89. The molecule has 0 atom stereocenters. The summed E-state index contributed by atoms with van der Waals surface area (Å²) in [5, 5.41) is 4.71. The molecule has 0 aliphatic heterocycles. The maximum atomic E-state index is 13.4. The third-order valence-electron chi connectivity index (χ3n) is 3.35. The van der Waals surface area contributed by atoms with Gasteiger partial charge in [-0.15, -0.1) is 0 Å². The number of halogens is 2. The fraction of sp³-hybridized carbons (Fsp3) is 0.235. The molecular weight excluding hydrogens is 318 g/mol. The minimum Gasteiger partial charge on any atom is -0.493 e. The second-order valence-electron chi connectivity index (χ2n) is 4.92. The van der Waals surface area contributed by atoms with Crippen LogP contribution in [0.15, 0.2) is 36.4 Å². The van der Waals surface area contributed by atoms with Gasteiger partial charge in [0.2, 0.25) is 0 Å². The fourth-order valence-corrected chi connectivity index (χ4v) is 2.13. The van der Waals surface area contributed by atoms with Crippen molar-refractivity contribution >= 4 is 11.7 Å². The third-order valence-corrected chi connectivity index (χ3v) is 3.35. The van der Waals surface area contributed by atoms with Crippen LogP contribution in [-0.2, 0) is 6.42 Å². The average Bonchev–Trinajstić information content (AvgIpc) is 2.58. The van der Waals surface area contributed by atoms with Crippen molar-refractivity contribution in [2.45, 2.75) is 6.42 Å². The zero-order chi connectivity index (χ0) is 17.5. The number of amides is 2. The molecule has 128 valence electrons. The van der Waals surface area contributed by atoms with Crippen LogP contribution in [-0.4, -0.2) is 26.8 Å². The van der Waals surface area contributed by atoms with Crippen LogP contribution >= 0.6 is 0 Å². The quantitative estimate of drug-likeness (QED) is 0.850. The lowest BCUT2D eigenvalue weighted by Gasteiger charge is -2.11. The number of para-hydroxylation sites is 1. The first kappa shape index (κ1) is 17.5. The van der Waals surface area contributed by atoms with Gasteiger partial charge in [-0.25, -0.2) is 13.6 Å². The van der Waals surface area contributed by atoms with Crippen LogP contribution < -0.4 is 20.1 Å². The summed E-state index contributed by atoms with van der Waals surface area (Å²) in [6.45, 7) is 0.289.